The maximum Gasteiger partial charge on any atom is 0.339 e. The van der Waals surface area contributed by atoms with Gasteiger partial charge in [0.2, 0.25) is 0 Å². The Hall–Kier alpha value is -2.27. The summed E-state index contributed by atoms with van der Waals surface area (Å²) in [6, 6.07) is 9.57. The van der Waals surface area contributed by atoms with Crippen LogP contribution in [-0.2, 0) is 16.5 Å². The van der Waals surface area contributed by atoms with Crippen LogP contribution >= 0.6 is 0 Å². The molecule has 0 fully saturated rings. The van der Waals surface area contributed by atoms with Crippen LogP contribution in [0.5, 0.6) is 11.5 Å². The van der Waals surface area contributed by atoms with Crippen LogP contribution in [0.15, 0.2) is 53.9 Å². The lowest BCUT2D eigenvalue weighted by Gasteiger charge is -2.13. The molecule has 0 spiro atoms. The van der Waals surface area contributed by atoms with Gasteiger partial charge in [0, 0.05) is 5.56 Å². The third-order valence-corrected chi connectivity index (χ3v) is 4.54. The van der Waals surface area contributed by atoms with E-state index >= 15 is 0 Å². The van der Waals surface area contributed by atoms with Crippen molar-refractivity contribution in [3.8, 4) is 11.5 Å². The molecule has 1 N–H and O–H groups in total. The van der Waals surface area contributed by atoms with E-state index in [9.17, 15) is 13.5 Å². The quantitative estimate of drug-likeness (QED) is 0.677. The van der Waals surface area contributed by atoms with Gasteiger partial charge in [-0.05, 0) is 49.6 Å². The van der Waals surface area contributed by atoms with Crippen molar-refractivity contribution in [3.63, 3.8) is 0 Å². The van der Waals surface area contributed by atoms with Gasteiger partial charge in [0.15, 0.2) is 11.5 Å². The van der Waals surface area contributed by atoms with Crippen molar-refractivity contribution in [1.29, 1.82) is 0 Å². The topological polar surface area (TPSA) is 63.6 Å². The van der Waals surface area contributed by atoms with Gasteiger partial charge in [0.05, 0.1) is 0 Å². The number of hydrogen-bond donors (Lipinski definition) is 1. The number of phenolic OH excluding ortho intramolecular Hbond substituents is 1. The number of aryl methyl sites for hydroxylation is 2. The summed E-state index contributed by atoms with van der Waals surface area (Å²) in [5, 5.41) is 10.2. The maximum atomic E-state index is 12.3. The van der Waals surface area contributed by atoms with Gasteiger partial charge in [0.1, 0.15) is 4.90 Å². The summed E-state index contributed by atoms with van der Waals surface area (Å²) >= 11 is 0. The summed E-state index contributed by atoms with van der Waals surface area (Å²) in [5.74, 6) is -0.250. The van der Waals surface area contributed by atoms with Crippen LogP contribution in [-0.4, -0.2) is 13.5 Å². The Labute approximate surface area is 130 Å². The van der Waals surface area contributed by atoms with E-state index in [-0.39, 0.29) is 16.4 Å². The van der Waals surface area contributed by atoms with Gasteiger partial charge in [-0.25, -0.2) is 0 Å². The third-order valence-electron chi connectivity index (χ3n) is 3.31. The molecular formula is C17H18O4S. The maximum absolute atomic E-state index is 12.3. The molecule has 0 unspecified atom stereocenters. The van der Waals surface area contributed by atoms with Crippen LogP contribution in [0.2, 0.25) is 0 Å². The van der Waals surface area contributed by atoms with Gasteiger partial charge >= 0.3 is 10.1 Å². The summed E-state index contributed by atoms with van der Waals surface area (Å²) in [6.45, 7) is 7.26. The molecule has 2 rings (SSSR count). The third kappa shape index (κ3) is 3.31. The zero-order valence-corrected chi connectivity index (χ0v) is 13.4. The second-order valence-corrected chi connectivity index (χ2v) is 6.60. The Morgan fingerprint density at radius 1 is 1.23 bits per heavy atom. The van der Waals surface area contributed by atoms with Crippen molar-refractivity contribution in [2.45, 2.75) is 25.2 Å². The van der Waals surface area contributed by atoms with Crippen molar-refractivity contribution >= 4 is 10.1 Å². The number of allylic oxidation sites excluding steroid dienone is 1. The second-order valence-electron chi connectivity index (χ2n) is 5.05. The molecule has 4 nitrogen and oxygen atoms in total. The fraction of sp³-hybridized carbons (Fsp3) is 0.176. The average molecular weight is 318 g/mol. The highest BCUT2D eigenvalue weighted by Crippen LogP contribution is 2.34. The van der Waals surface area contributed by atoms with Gasteiger partial charge in [0.25, 0.3) is 0 Å². The Morgan fingerprint density at radius 3 is 2.59 bits per heavy atom. The average Bonchev–Trinajstić information content (AvgIpc) is 2.46. The first-order chi connectivity index (χ1) is 10.3. The molecule has 0 saturated heterocycles. The summed E-state index contributed by atoms with van der Waals surface area (Å²) in [5.41, 5.74) is 2.26. The van der Waals surface area contributed by atoms with Gasteiger partial charge in [-0.3, -0.25) is 0 Å². The zero-order chi connectivity index (χ0) is 16.3. The van der Waals surface area contributed by atoms with Crippen LogP contribution < -0.4 is 4.18 Å². The number of aromatic hydroxyl groups is 1. The van der Waals surface area contributed by atoms with Crippen molar-refractivity contribution in [2.75, 3.05) is 0 Å². The van der Waals surface area contributed by atoms with Gasteiger partial charge in [-0.2, -0.15) is 8.42 Å². The van der Waals surface area contributed by atoms with Gasteiger partial charge < -0.3 is 9.29 Å². The van der Waals surface area contributed by atoms with Crippen LogP contribution in [0.25, 0.3) is 0 Å². The minimum atomic E-state index is -3.99. The fourth-order valence-corrected chi connectivity index (χ4v) is 3.16. The summed E-state index contributed by atoms with van der Waals surface area (Å²) in [4.78, 5) is 0.0535. The molecule has 0 aromatic heterocycles. The van der Waals surface area contributed by atoms with E-state index in [1.165, 1.54) is 18.2 Å². The van der Waals surface area contributed by atoms with Crippen molar-refractivity contribution in [3.05, 3.63) is 65.7 Å². The first kappa shape index (κ1) is 16.1. The predicted octanol–water partition coefficient (Wildman–Crippen LogP) is 3.51. The normalized spacial score (nSPS) is 11.2. The highest BCUT2D eigenvalue weighted by molar-refractivity contribution is 7.87. The Balaban J connectivity index is 2.42. The molecule has 5 heteroatoms. The van der Waals surface area contributed by atoms with Crippen LogP contribution in [0.4, 0.5) is 0 Å². The highest BCUT2D eigenvalue weighted by atomic mass is 32.2. The molecule has 0 aliphatic heterocycles. The van der Waals surface area contributed by atoms with Gasteiger partial charge in [-0.15, -0.1) is 6.58 Å². The molecule has 2 aromatic rings. The Morgan fingerprint density at radius 2 is 1.95 bits per heavy atom. The smallest absolute Gasteiger partial charge is 0.339 e. The lowest BCUT2D eigenvalue weighted by atomic mass is 10.0. The molecule has 0 radical (unpaired) electrons. The van der Waals surface area contributed by atoms with Crippen molar-refractivity contribution in [2.24, 2.45) is 0 Å². The molecule has 0 aliphatic rings. The van der Waals surface area contributed by atoms with Crippen LogP contribution in [0, 0.1) is 13.8 Å². The molecular weight excluding hydrogens is 300 g/mol. The summed E-state index contributed by atoms with van der Waals surface area (Å²) in [7, 11) is -3.99. The first-order valence-corrected chi connectivity index (χ1v) is 8.19. The SMILES string of the molecule is C=CCc1c(C)ccc(OS(=O)(=O)c2cccc(C)c2)c1O. The lowest BCUT2D eigenvalue weighted by Crippen LogP contribution is -2.10. The van der Waals surface area contributed by atoms with E-state index in [1.54, 1.807) is 31.2 Å². The number of hydrogen-bond acceptors (Lipinski definition) is 4. The number of phenols is 1. The molecule has 0 saturated carbocycles. The van der Waals surface area contributed by atoms with Gasteiger partial charge in [-0.1, -0.05) is 24.3 Å². The first-order valence-electron chi connectivity index (χ1n) is 6.78. The highest BCUT2D eigenvalue weighted by Gasteiger charge is 2.20. The molecule has 116 valence electrons. The van der Waals surface area contributed by atoms with Crippen molar-refractivity contribution < 1.29 is 17.7 Å². The van der Waals surface area contributed by atoms with Crippen LogP contribution in [0.1, 0.15) is 16.7 Å². The molecule has 2 aromatic carbocycles. The summed E-state index contributed by atoms with van der Waals surface area (Å²) in [6.07, 6.45) is 2.07. The Bertz CT molecular complexity index is 807. The van der Waals surface area contributed by atoms with E-state index in [1.807, 2.05) is 6.92 Å². The molecule has 0 heterocycles. The fourth-order valence-electron chi connectivity index (χ4n) is 2.12. The Kier molecular flexibility index (Phi) is 4.56. The van der Waals surface area contributed by atoms with E-state index < -0.39 is 10.1 Å². The molecule has 0 amide bonds. The largest absolute Gasteiger partial charge is 0.504 e. The predicted molar refractivity (Wildman–Crippen MR) is 85.7 cm³/mol. The lowest BCUT2D eigenvalue weighted by molar-refractivity contribution is 0.424. The summed E-state index contributed by atoms with van der Waals surface area (Å²) < 4.78 is 29.7. The standard InChI is InChI=1S/C17H18O4S/c1-4-6-15-13(3)9-10-16(17(15)18)21-22(19,20)14-8-5-7-12(2)11-14/h4-5,7-11,18H,1,6H2,2-3H3. The molecule has 22 heavy (non-hydrogen) atoms. The monoisotopic (exact) mass is 318 g/mol. The number of rotatable bonds is 5. The van der Waals surface area contributed by atoms with E-state index in [4.69, 9.17) is 4.18 Å². The van der Waals surface area contributed by atoms with E-state index in [2.05, 4.69) is 6.58 Å². The van der Waals surface area contributed by atoms with Crippen LogP contribution in [0.3, 0.4) is 0 Å². The zero-order valence-electron chi connectivity index (χ0n) is 12.5. The molecule has 0 aliphatic carbocycles. The number of benzene rings is 2. The van der Waals surface area contributed by atoms with E-state index in [0.717, 1.165) is 11.1 Å². The second kappa shape index (κ2) is 6.23. The van der Waals surface area contributed by atoms with Crippen molar-refractivity contribution in [1.82, 2.24) is 0 Å². The molecule has 0 bridgehead atoms. The minimum absolute atomic E-state index is 0.0535. The minimum Gasteiger partial charge on any atom is -0.504 e. The molecule has 0 atom stereocenters. The van der Waals surface area contributed by atoms with E-state index in [0.29, 0.717) is 12.0 Å².